The van der Waals surface area contributed by atoms with E-state index in [1.54, 1.807) is 0 Å². The summed E-state index contributed by atoms with van der Waals surface area (Å²) in [6.07, 6.45) is 8.15. The maximum absolute atomic E-state index is 12.7. The number of nitrogen functional groups attached to an aromatic ring is 1. The van der Waals surface area contributed by atoms with E-state index in [4.69, 9.17) is 5.84 Å². The van der Waals surface area contributed by atoms with Gasteiger partial charge in [0.2, 0.25) is 11.1 Å². The quantitative estimate of drug-likeness (QED) is 0.543. The van der Waals surface area contributed by atoms with E-state index < -0.39 is 0 Å². The number of benzene rings is 1. The van der Waals surface area contributed by atoms with Gasteiger partial charge in [-0.05, 0) is 81.1 Å². The lowest BCUT2D eigenvalue weighted by Gasteiger charge is -2.59. The van der Waals surface area contributed by atoms with E-state index in [0.717, 1.165) is 28.9 Å². The summed E-state index contributed by atoms with van der Waals surface area (Å²) in [5.74, 6) is 9.89. The lowest BCUT2D eigenvalue weighted by molar-refractivity contribution is -0.123. The Balaban J connectivity index is 1.21. The van der Waals surface area contributed by atoms with Gasteiger partial charge in [-0.15, -0.1) is 10.2 Å². The van der Waals surface area contributed by atoms with Crippen molar-refractivity contribution < 1.29 is 4.79 Å². The van der Waals surface area contributed by atoms with Gasteiger partial charge in [0.25, 0.3) is 0 Å². The number of aromatic nitrogens is 3. The Kier molecular flexibility index (Phi) is 5.04. The smallest absolute Gasteiger partial charge is 0.230 e. The molecule has 1 heterocycles. The molecule has 6 nitrogen and oxygen atoms in total. The first-order valence-electron chi connectivity index (χ1n) is 11.1. The molecule has 3 N–H and O–H groups in total. The zero-order valence-corrected chi connectivity index (χ0v) is 18.6. The summed E-state index contributed by atoms with van der Waals surface area (Å²) in [6.45, 7) is 4.24. The normalized spacial score (nSPS) is 30.4. The number of amides is 1. The number of hydrogen-bond donors (Lipinski definition) is 2. The molecule has 2 aromatic rings. The number of carbonyl (C=O) groups excluding carboxylic acids is 1. The maximum atomic E-state index is 12.7. The van der Waals surface area contributed by atoms with E-state index in [1.165, 1.54) is 55.0 Å². The zero-order chi connectivity index (χ0) is 20.9. The molecule has 30 heavy (non-hydrogen) atoms. The first-order valence-corrected chi connectivity index (χ1v) is 12.1. The van der Waals surface area contributed by atoms with Gasteiger partial charge in [0, 0.05) is 11.6 Å². The molecule has 1 amide bonds. The van der Waals surface area contributed by atoms with Crippen LogP contribution in [0.2, 0.25) is 0 Å². The maximum Gasteiger partial charge on any atom is 0.230 e. The largest absolute Gasteiger partial charge is 0.352 e. The minimum Gasteiger partial charge on any atom is -0.352 e. The van der Waals surface area contributed by atoms with Gasteiger partial charge in [-0.1, -0.05) is 36.0 Å². The van der Waals surface area contributed by atoms with Crippen molar-refractivity contribution in [1.82, 2.24) is 20.2 Å². The Hall–Kier alpha value is -2.02. The molecule has 4 bridgehead atoms. The highest BCUT2D eigenvalue weighted by Crippen LogP contribution is 2.61. The number of nitrogens with one attached hydrogen (secondary N) is 1. The van der Waals surface area contributed by atoms with E-state index >= 15 is 0 Å². The summed E-state index contributed by atoms with van der Waals surface area (Å²) in [4.78, 5) is 12.7. The average molecular weight is 426 g/mol. The molecular weight excluding hydrogens is 394 g/mol. The van der Waals surface area contributed by atoms with Crippen molar-refractivity contribution in [1.29, 1.82) is 0 Å². The van der Waals surface area contributed by atoms with Crippen molar-refractivity contribution in [3.8, 4) is 11.4 Å². The van der Waals surface area contributed by atoms with Crippen molar-refractivity contribution in [2.45, 2.75) is 63.6 Å². The van der Waals surface area contributed by atoms with Crippen molar-refractivity contribution in [3.63, 3.8) is 0 Å². The fraction of sp³-hybridized carbons (Fsp3) is 0.609. The van der Waals surface area contributed by atoms with Crippen LogP contribution in [0, 0.1) is 30.1 Å². The van der Waals surface area contributed by atoms with Gasteiger partial charge < -0.3 is 11.2 Å². The number of aryl methyl sites for hydroxylation is 1. The van der Waals surface area contributed by atoms with Crippen LogP contribution in [0.15, 0.2) is 29.4 Å². The third-order valence-electron chi connectivity index (χ3n) is 7.76. The van der Waals surface area contributed by atoms with Crippen LogP contribution in [0.3, 0.4) is 0 Å². The van der Waals surface area contributed by atoms with Crippen LogP contribution in [0.1, 0.15) is 51.0 Å². The van der Waals surface area contributed by atoms with Crippen LogP contribution >= 0.6 is 11.8 Å². The molecule has 0 saturated heterocycles. The Labute approximate surface area is 182 Å². The van der Waals surface area contributed by atoms with E-state index in [0.29, 0.717) is 22.1 Å². The van der Waals surface area contributed by atoms with E-state index in [-0.39, 0.29) is 11.9 Å². The molecule has 6 rings (SSSR count). The lowest BCUT2D eigenvalue weighted by atomic mass is 9.48. The molecule has 1 aromatic heterocycles. The summed E-state index contributed by atoms with van der Waals surface area (Å²) in [7, 11) is 0. The summed E-state index contributed by atoms with van der Waals surface area (Å²) < 4.78 is 1.49. The number of nitrogens with two attached hydrogens (primary N) is 1. The Morgan fingerprint density at radius 1 is 1.20 bits per heavy atom. The number of rotatable bonds is 6. The van der Waals surface area contributed by atoms with Crippen molar-refractivity contribution in [2.75, 3.05) is 11.6 Å². The highest BCUT2D eigenvalue weighted by atomic mass is 32.2. The molecule has 0 spiro atoms. The van der Waals surface area contributed by atoms with Crippen LogP contribution in [0.4, 0.5) is 0 Å². The third-order valence-corrected chi connectivity index (χ3v) is 8.71. The van der Waals surface area contributed by atoms with E-state index in [1.807, 2.05) is 31.2 Å². The van der Waals surface area contributed by atoms with Crippen molar-refractivity contribution in [3.05, 3.63) is 29.8 Å². The second-order valence-corrected chi connectivity index (χ2v) is 10.8. The van der Waals surface area contributed by atoms with Crippen LogP contribution in [0.5, 0.6) is 0 Å². The standard InChI is InChI=1S/C23H31N5OS/c1-14-5-3-4-6-19(14)21-26-27-22(28(21)24)30-13-20(29)25-15(2)23-10-16-7-17(11-23)9-18(8-16)12-23/h3-6,15-18H,7-13,24H2,1-2H3,(H,25,29)/t15-,16?,17?,18?,23?/m1/s1. The Bertz CT molecular complexity index is 920. The van der Waals surface area contributed by atoms with Crippen LogP contribution in [-0.2, 0) is 4.79 Å². The first kappa shape index (κ1) is 19.9. The average Bonchev–Trinajstić information content (AvgIpc) is 3.06. The molecule has 4 aliphatic rings. The van der Waals surface area contributed by atoms with Gasteiger partial charge >= 0.3 is 0 Å². The number of carbonyl (C=O) groups is 1. The number of hydrogen-bond acceptors (Lipinski definition) is 5. The highest BCUT2D eigenvalue weighted by molar-refractivity contribution is 7.99. The summed E-state index contributed by atoms with van der Waals surface area (Å²) in [5.41, 5.74) is 2.37. The predicted molar refractivity (Wildman–Crippen MR) is 119 cm³/mol. The molecule has 160 valence electrons. The minimum absolute atomic E-state index is 0.0590. The van der Waals surface area contributed by atoms with E-state index in [2.05, 4.69) is 22.4 Å². The second kappa shape index (κ2) is 7.59. The molecule has 1 aromatic carbocycles. The fourth-order valence-electron chi connectivity index (χ4n) is 6.66. The molecule has 4 fully saturated rings. The molecule has 1 atom stereocenters. The summed E-state index contributed by atoms with van der Waals surface area (Å²) in [5, 5.41) is 12.3. The zero-order valence-electron chi connectivity index (χ0n) is 17.8. The predicted octanol–water partition coefficient (Wildman–Crippen LogP) is 3.78. The van der Waals surface area contributed by atoms with Gasteiger partial charge in [-0.25, -0.2) is 4.68 Å². The number of thioether (sulfide) groups is 1. The summed E-state index contributed by atoms with van der Waals surface area (Å²) >= 11 is 1.35. The van der Waals surface area contributed by atoms with Gasteiger partial charge in [0.05, 0.1) is 5.75 Å². The van der Waals surface area contributed by atoms with Crippen molar-refractivity contribution in [2.24, 2.45) is 23.2 Å². The molecule has 0 unspecified atom stereocenters. The first-order chi connectivity index (χ1) is 14.4. The SMILES string of the molecule is Cc1ccccc1-c1nnc(SCC(=O)N[C@H](C)C23CC4CC(CC(C4)C2)C3)n1N. The van der Waals surface area contributed by atoms with Crippen LogP contribution < -0.4 is 11.2 Å². The highest BCUT2D eigenvalue weighted by Gasteiger charge is 2.53. The fourth-order valence-corrected chi connectivity index (χ4v) is 7.32. The Morgan fingerprint density at radius 3 is 2.47 bits per heavy atom. The van der Waals surface area contributed by atoms with Gasteiger partial charge in [0.15, 0.2) is 5.82 Å². The molecule has 0 radical (unpaired) electrons. The van der Waals surface area contributed by atoms with Crippen molar-refractivity contribution >= 4 is 17.7 Å². The molecule has 4 aliphatic carbocycles. The second-order valence-electron chi connectivity index (χ2n) is 9.85. The van der Waals surface area contributed by atoms with Crippen LogP contribution in [0.25, 0.3) is 11.4 Å². The topological polar surface area (TPSA) is 85.8 Å². The lowest BCUT2D eigenvalue weighted by Crippen LogP contribution is -2.56. The van der Waals surface area contributed by atoms with Crippen LogP contribution in [-0.4, -0.2) is 32.6 Å². The molecular formula is C23H31N5OS. The third kappa shape index (κ3) is 3.51. The minimum atomic E-state index is 0.0590. The van der Waals surface area contributed by atoms with Gasteiger partial charge in [-0.2, -0.15) is 0 Å². The molecule has 7 heteroatoms. The monoisotopic (exact) mass is 425 g/mol. The molecule has 4 saturated carbocycles. The van der Waals surface area contributed by atoms with Gasteiger partial charge in [0.1, 0.15) is 0 Å². The summed E-state index contributed by atoms with van der Waals surface area (Å²) in [6, 6.07) is 8.19. The Morgan fingerprint density at radius 2 is 1.83 bits per heavy atom. The molecule has 0 aliphatic heterocycles. The van der Waals surface area contributed by atoms with E-state index in [9.17, 15) is 4.79 Å². The number of nitrogens with zero attached hydrogens (tertiary/aromatic N) is 3. The van der Waals surface area contributed by atoms with Gasteiger partial charge in [-0.3, -0.25) is 4.79 Å².